The molecule has 0 aliphatic heterocycles. The average Bonchev–Trinajstić information content (AvgIpc) is 2.41. The van der Waals surface area contributed by atoms with E-state index in [1.54, 1.807) is 0 Å². The molecule has 0 saturated heterocycles. The van der Waals surface area contributed by atoms with Gasteiger partial charge in [0, 0.05) is 27.7 Å². The van der Waals surface area contributed by atoms with Crippen molar-refractivity contribution in [3.8, 4) is 0 Å². The van der Waals surface area contributed by atoms with Gasteiger partial charge in [0.05, 0.1) is 17.6 Å². The van der Waals surface area contributed by atoms with Gasteiger partial charge in [-0.15, -0.1) is 0 Å². The Morgan fingerprint density at radius 2 is 0.789 bits per heavy atom. The van der Waals surface area contributed by atoms with E-state index >= 15 is 0 Å². The van der Waals surface area contributed by atoms with Crippen LogP contribution in [0, 0.1) is 0 Å². The monoisotopic (exact) mass is 472 g/mol. The molecule has 2 aromatic carbocycles. The van der Waals surface area contributed by atoms with Crippen LogP contribution in [0.2, 0.25) is 26.2 Å². The summed E-state index contributed by atoms with van der Waals surface area (Å²) in [6.45, 7) is 9.22. The molecule has 0 N–H and O–H groups in total. The van der Waals surface area contributed by atoms with Crippen LogP contribution < -0.4 is 10.4 Å². The molecule has 0 atom stereocenters. The first kappa shape index (κ1) is 18.8. The van der Waals surface area contributed by atoms with E-state index in [1.165, 1.54) is 10.4 Å². The van der Waals surface area contributed by atoms with Gasteiger partial charge >= 0.3 is 0 Å². The molecular weight excluding hydrogens is 449 g/mol. The summed E-state index contributed by atoms with van der Waals surface area (Å²) < 4.78 is 0. The van der Waals surface area contributed by atoms with E-state index in [1.807, 2.05) is 0 Å². The molecule has 2 rings (SSSR count). The van der Waals surface area contributed by atoms with Gasteiger partial charge < -0.3 is 0 Å². The molecule has 0 aliphatic carbocycles. The first-order valence-corrected chi connectivity index (χ1v) is 11.3. The van der Waals surface area contributed by atoms with Gasteiger partial charge in [-0.3, -0.25) is 0 Å². The topological polar surface area (TPSA) is 0 Å². The second-order valence-electron chi connectivity index (χ2n) is 4.73. The fraction of sp³-hybridized carbons (Fsp3) is 0.250. The Bertz CT molecular complexity index is 384. The van der Waals surface area contributed by atoms with Crippen molar-refractivity contribution < 1.29 is 27.7 Å². The molecule has 0 fully saturated rings. The summed E-state index contributed by atoms with van der Waals surface area (Å²) in [5, 5.41) is 3.03. The van der Waals surface area contributed by atoms with E-state index in [-0.39, 0.29) is 45.3 Å². The van der Waals surface area contributed by atoms with Gasteiger partial charge in [-0.1, -0.05) is 97.2 Å². The summed E-state index contributed by atoms with van der Waals surface area (Å²) >= 11 is 0. The van der Waals surface area contributed by atoms with Crippen molar-refractivity contribution in [1.82, 2.24) is 0 Å². The van der Waals surface area contributed by atoms with Crippen molar-refractivity contribution in [2.24, 2.45) is 0 Å². The summed E-state index contributed by atoms with van der Waals surface area (Å²) in [7, 11) is -0.424. The quantitative estimate of drug-likeness (QED) is 0.591. The molecule has 3 heteroatoms. The zero-order valence-corrected chi connectivity index (χ0v) is 20.0. The molecule has 0 spiro atoms. The first-order valence-electron chi connectivity index (χ1n) is 6.32. The standard InChI is InChI=1S/2C8H11Si.Hg/c2*1-9(2)8-6-4-3-5-7-8;/h2*3-7H,1-2H3;. The van der Waals surface area contributed by atoms with Gasteiger partial charge in [0.2, 0.25) is 0 Å². The number of hydrogen-bond acceptors (Lipinski definition) is 0. The zero-order valence-electron chi connectivity index (χ0n) is 12.5. The second-order valence-corrected chi connectivity index (χ2v) is 9.89. The van der Waals surface area contributed by atoms with Crippen LogP contribution in [0.3, 0.4) is 0 Å². The van der Waals surface area contributed by atoms with Crippen molar-refractivity contribution in [2.75, 3.05) is 0 Å². The SMILES string of the molecule is C[Si](C)c1ccccc1.C[Si](C)c1ccccc1.[Hg]. The molecule has 0 heterocycles. The van der Waals surface area contributed by atoms with Crippen LogP contribution in [0.25, 0.3) is 0 Å². The van der Waals surface area contributed by atoms with Crippen LogP contribution >= 0.6 is 0 Å². The molecule has 2 radical (unpaired) electrons. The van der Waals surface area contributed by atoms with E-state index < -0.39 is 0 Å². The molecule has 0 unspecified atom stereocenters. The van der Waals surface area contributed by atoms with E-state index in [2.05, 4.69) is 86.9 Å². The van der Waals surface area contributed by atoms with E-state index in [9.17, 15) is 0 Å². The van der Waals surface area contributed by atoms with Crippen molar-refractivity contribution >= 4 is 28.0 Å². The second kappa shape index (κ2) is 10.6. The van der Waals surface area contributed by atoms with Gasteiger partial charge in [0.15, 0.2) is 0 Å². The first-order chi connectivity index (χ1) is 8.61. The van der Waals surface area contributed by atoms with Gasteiger partial charge in [0.25, 0.3) is 0 Å². The summed E-state index contributed by atoms with van der Waals surface area (Å²) in [6.07, 6.45) is 0. The van der Waals surface area contributed by atoms with Crippen LogP contribution in [0.4, 0.5) is 0 Å². The molecule has 0 saturated carbocycles. The van der Waals surface area contributed by atoms with Crippen LogP contribution in [0.15, 0.2) is 60.7 Å². The third-order valence-electron chi connectivity index (χ3n) is 2.70. The van der Waals surface area contributed by atoms with Crippen molar-refractivity contribution in [3.63, 3.8) is 0 Å². The molecule has 0 amide bonds. The van der Waals surface area contributed by atoms with Crippen LogP contribution in [-0.2, 0) is 27.7 Å². The van der Waals surface area contributed by atoms with Crippen molar-refractivity contribution in [3.05, 3.63) is 60.7 Å². The third-order valence-corrected chi connectivity index (χ3v) is 5.68. The maximum Gasteiger partial charge on any atom is 0.0791 e. The van der Waals surface area contributed by atoms with Gasteiger partial charge in [-0.25, -0.2) is 0 Å². The number of benzene rings is 2. The summed E-state index contributed by atoms with van der Waals surface area (Å²) in [5.74, 6) is 0. The largest absolute Gasteiger partial charge is 0.0791 e. The van der Waals surface area contributed by atoms with Gasteiger partial charge in [0.1, 0.15) is 0 Å². The molecule has 0 nitrogen and oxygen atoms in total. The minimum atomic E-state index is -0.212. The number of hydrogen-bond donors (Lipinski definition) is 0. The van der Waals surface area contributed by atoms with Crippen LogP contribution in [-0.4, -0.2) is 17.6 Å². The Hall–Kier alpha value is -0.191. The predicted octanol–water partition coefficient (Wildman–Crippen LogP) is 3.29. The molecule has 2 aromatic rings. The summed E-state index contributed by atoms with van der Waals surface area (Å²) in [6, 6.07) is 21.4. The number of rotatable bonds is 2. The molecule has 0 aliphatic rings. The average molecular weight is 471 g/mol. The Kier molecular flexibility index (Phi) is 10.5. The van der Waals surface area contributed by atoms with Gasteiger partial charge in [-0.05, 0) is 0 Å². The Morgan fingerprint density at radius 3 is 0.947 bits per heavy atom. The fourth-order valence-corrected chi connectivity index (χ4v) is 3.26. The normalized spacial score (nSPS) is 9.58. The van der Waals surface area contributed by atoms with Crippen molar-refractivity contribution in [1.29, 1.82) is 0 Å². The molecule has 96 valence electrons. The van der Waals surface area contributed by atoms with Crippen LogP contribution in [0.5, 0.6) is 0 Å². The third kappa shape index (κ3) is 7.85. The van der Waals surface area contributed by atoms with E-state index in [0.717, 1.165) is 0 Å². The minimum absolute atomic E-state index is 0. The summed E-state index contributed by atoms with van der Waals surface area (Å²) in [5.41, 5.74) is 0. The Balaban J connectivity index is 0.000000324. The predicted molar refractivity (Wildman–Crippen MR) is 87.1 cm³/mol. The Morgan fingerprint density at radius 1 is 0.526 bits per heavy atom. The summed E-state index contributed by atoms with van der Waals surface area (Å²) in [4.78, 5) is 0. The fourth-order valence-electron chi connectivity index (χ4n) is 1.54. The molecular formula is C16H22HgSi2. The molecule has 0 aromatic heterocycles. The minimum Gasteiger partial charge on any atom is -0.0671 e. The smallest absolute Gasteiger partial charge is 0.0671 e. The Labute approximate surface area is 142 Å². The van der Waals surface area contributed by atoms with E-state index in [4.69, 9.17) is 0 Å². The van der Waals surface area contributed by atoms with Gasteiger partial charge in [-0.2, -0.15) is 0 Å². The van der Waals surface area contributed by atoms with Crippen molar-refractivity contribution in [2.45, 2.75) is 26.2 Å². The van der Waals surface area contributed by atoms with Crippen LogP contribution in [0.1, 0.15) is 0 Å². The molecule has 0 bridgehead atoms. The van der Waals surface area contributed by atoms with E-state index in [0.29, 0.717) is 0 Å². The zero-order chi connectivity index (χ0) is 13.4. The maximum atomic E-state index is 2.31. The maximum absolute atomic E-state index is 2.31. The molecule has 19 heavy (non-hydrogen) atoms.